The van der Waals surface area contributed by atoms with Gasteiger partial charge in [0.1, 0.15) is 5.82 Å². The summed E-state index contributed by atoms with van der Waals surface area (Å²) in [5, 5.41) is 3.85. The van der Waals surface area contributed by atoms with Crippen LogP contribution in [0.2, 0.25) is 9.36 Å². The Kier molecular flexibility index (Phi) is 5.22. The Morgan fingerprint density at radius 1 is 1.26 bits per heavy atom. The van der Waals surface area contributed by atoms with E-state index in [9.17, 15) is 4.39 Å². The smallest absolute Gasteiger partial charge is 0.124 e. The van der Waals surface area contributed by atoms with Gasteiger partial charge in [0.25, 0.3) is 0 Å². The lowest BCUT2D eigenvalue weighted by Gasteiger charge is -2.19. The maximum atomic E-state index is 13.1. The quantitative estimate of drug-likeness (QED) is 0.790. The maximum absolute atomic E-state index is 13.1. The van der Waals surface area contributed by atoms with Crippen molar-refractivity contribution in [1.82, 2.24) is 5.32 Å². The molecule has 1 aromatic carbocycles. The Labute approximate surface area is 126 Å². The second-order valence-electron chi connectivity index (χ2n) is 4.19. The Morgan fingerprint density at radius 3 is 2.63 bits per heavy atom. The number of benzene rings is 1. The highest BCUT2D eigenvalue weighted by Gasteiger charge is 2.18. The van der Waals surface area contributed by atoms with E-state index in [0.717, 1.165) is 27.7 Å². The van der Waals surface area contributed by atoms with E-state index in [0.29, 0.717) is 5.02 Å². The van der Waals surface area contributed by atoms with Crippen molar-refractivity contribution in [2.75, 3.05) is 6.54 Å². The van der Waals surface area contributed by atoms with Gasteiger partial charge in [0, 0.05) is 9.90 Å². The second kappa shape index (κ2) is 6.71. The summed E-state index contributed by atoms with van der Waals surface area (Å²) >= 11 is 13.6. The molecule has 2 aromatic rings. The Bertz CT molecular complexity index is 556. The zero-order valence-corrected chi connectivity index (χ0v) is 12.7. The number of nitrogens with one attached hydrogen (secondary N) is 1. The molecule has 5 heteroatoms. The molecule has 1 unspecified atom stereocenters. The van der Waals surface area contributed by atoms with Crippen molar-refractivity contribution in [2.45, 2.75) is 19.4 Å². The van der Waals surface area contributed by atoms with Crippen LogP contribution in [0.25, 0.3) is 0 Å². The van der Waals surface area contributed by atoms with Crippen LogP contribution in [0.5, 0.6) is 0 Å². The summed E-state index contributed by atoms with van der Waals surface area (Å²) in [5.41, 5.74) is 0.870. The lowest BCUT2D eigenvalue weighted by molar-refractivity contribution is 0.599. The monoisotopic (exact) mass is 317 g/mol. The largest absolute Gasteiger partial charge is 0.306 e. The lowest BCUT2D eigenvalue weighted by Crippen LogP contribution is -2.22. The summed E-state index contributed by atoms with van der Waals surface area (Å²) in [6, 6.07) is 8.27. The van der Waals surface area contributed by atoms with E-state index in [1.807, 2.05) is 12.1 Å². The van der Waals surface area contributed by atoms with Crippen LogP contribution in [-0.4, -0.2) is 6.54 Å². The van der Waals surface area contributed by atoms with Crippen molar-refractivity contribution in [3.8, 4) is 0 Å². The van der Waals surface area contributed by atoms with Crippen molar-refractivity contribution in [1.29, 1.82) is 0 Å². The van der Waals surface area contributed by atoms with Gasteiger partial charge in [-0.05, 0) is 42.8 Å². The van der Waals surface area contributed by atoms with Crippen LogP contribution < -0.4 is 5.32 Å². The van der Waals surface area contributed by atoms with Crippen LogP contribution in [0.3, 0.4) is 0 Å². The van der Waals surface area contributed by atoms with Crippen molar-refractivity contribution < 1.29 is 4.39 Å². The number of halogens is 3. The van der Waals surface area contributed by atoms with Gasteiger partial charge < -0.3 is 5.32 Å². The lowest BCUT2D eigenvalue weighted by atomic mass is 10.0. The van der Waals surface area contributed by atoms with Crippen LogP contribution in [0.15, 0.2) is 30.3 Å². The van der Waals surface area contributed by atoms with Gasteiger partial charge in [-0.15, -0.1) is 11.3 Å². The average molecular weight is 318 g/mol. The van der Waals surface area contributed by atoms with E-state index in [1.54, 1.807) is 6.07 Å². The highest BCUT2D eigenvalue weighted by atomic mass is 35.5. The molecule has 1 nitrogen and oxygen atoms in total. The molecule has 1 heterocycles. The molecule has 0 aliphatic heterocycles. The molecule has 0 fully saturated rings. The Balaban J connectivity index is 2.36. The SMILES string of the molecule is CCCNC(c1ccc(Cl)s1)c1ccc(F)cc1Cl. The van der Waals surface area contributed by atoms with Gasteiger partial charge in [-0.1, -0.05) is 36.2 Å². The summed E-state index contributed by atoms with van der Waals surface area (Å²) in [6.07, 6.45) is 1.01. The molecular weight excluding hydrogens is 304 g/mol. The van der Waals surface area contributed by atoms with Crippen molar-refractivity contribution in [3.05, 3.63) is 55.9 Å². The topological polar surface area (TPSA) is 12.0 Å². The number of hydrogen-bond donors (Lipinski definition) is 1. The molecule has 0 saturated carbocycles. The van der Waals surface area contributed by atoms with Gasteiger partial charge in [0.2, 0.25) is 0 Å². The fourth-order valence-corrected chi connectivity index (χ4v) is 3.30. The van der Waals surface area contributed by atoms with Gasteiger partial charge in [-0.3, -0.25) is 0 Å². The van der Waals surface area contributed by atoms with Gasteiger partial charge in [-0.2, -0.15) is 0 Å². The zero-order chi connectivity index (χ0) is 13.8. The summed E-state index contributed by atoms with van der Waals surface area (Å²) in [7, 11) is 0. The van der Waals surface area contributed by atoms with Crippen molar-refractivity contribution in [2.24, 2.45) is 0 Å². The maximum Gasteiger partial charge on any atom is 0.124 e. The van der Waals surface area contributed by atoms with Crippen molar-refractivity contribution in [3.63, 3.8) is 0 Å². The minimum Gasteiger partial charge on any atom is -0.306 e. The number of hydrogen-bond acceptors (Lipinski definition) is 2. The molecule has 1 N–H and O–H groups in total. The molecule has 0 bridgehead atoms. The standard InChI is InChI=1S/C14H14Cl2FNS/c1-2-7-18-14(12-5-6-13(16)19-12)10-4-3-9(17)8-11(10)15/h3-6,8,14,18H,2,7H2,1H3. The first-order valence-corrected chi connectivity index (χ1v) is 7.62. The summed E-state index contributed by atoms with van der Waals surface area (Å²) < 4.78 is 13.9. The summed E-state index contributed by atoms with van der Waals surface area (Å²) in [6.45, 7) is 2.95. The zero-order valence-electron chi connectivity index (χ0n) is 10.4. The van der Waals surface area contributed by atoms with E-state index in [4.69, 9.17) is 23.2 Å². The predicted octanol–water partition coefficient (Wildman–Crippen LogP) is 5.28. The van der Waals surface area contributed by atoms with Gasteiger partial charge in [-0.25, -0.2) is 4.39 Å². The highest BCUT2D eigenvalue weighted by molar-refractivity contribution is 7.16. The first-order valence-electron chi connectivity index (χ1n) is 6.05. The third-order valence-electron chi connectivity index (χ3n) is 2.75. The average Bonchev–Trinajstić information content (AvgIpc) is 2.78. The van der Waals surface area contributed by atoms with E-state index >= 15 is 0 Å². The van der Waals surface area contributed by atoms with E-state index < -0.39 is 0 Å². The van der Waals surface area contributed by atoms with Crippen molar-refractivity contribution >= 4 is 34.5 Å². The van der Waals surface area contributed by atoms with Gasteiger partial charge >= 0.3 is 0 Å². The molecule has 1 aromatic heterocycles. The second-order valence-corrected chi connectivity index (χ2v) is 6.35. The van der Waals surface area contributed by atoms with Gasteiger partial charge in [0.05, 0.1) is 10.4 Å². The van der Waals surface area contributed by atoms with Crippen LogP contribution >= 0.6 is 34.5 Å². The summed E-state index contributed by atoms with van der Waals surface area (Å²) in [4.78, 5) is 1.08. The van der Waals surface area contributed by atoms with Crippen LogP contribution in [-0.2, 0) is 0 Å². The van der Waals surface area contributed by atoms with E-state index in [-0.39, 0.29) is 11.9 Å². The fourth-order valence-electron chi connectivity index (χ4n) is 1.87. The fraction of sp³-hybridized carbons (Fsp3) is 0.286. The minimum absolute atomic E-state index is 0.0504. The van der Waals surface area contributed by atoms with Gasteiger partial charge in [0.15, 0.2) is 0 Å². The molecule has 0 spiro atoms. The van der Waals surface area contributed by atoms with Crippen LogP contribution in [0, 0.1) is 5.82 Å². The van der Waals surface area contributed by atoms with E-state index in [2.05, 4.69) is 12.2 Å². The number of thiophene rings is 1. The normalized spacial score (nSPS) is 12.6. The molecule has 0 saturated heterocycles. The first kappa shape index (κ1) is 14.8. The third kappa shape index (κ3) is 3.69. The predicted molar refractivity (Wildman–Crippen MR) is 80.9 cm³/mol. The molecule has 0 aliphatic carbocycles. The van der Waals surface area contributed by atoms with Crippen LogP contribution in [0.4, 0.5) is 4.39 Å². The first-order chi connectivity index (χ1) is 9.11. The summed E-state index contributed by atoms with van der Waals surface area (Å²) in [5.74, 6) is -0.327. The molecular formula is C14H14Cl2FNS. The van der Waals surface area contributed by atoms with Crippen LogP contribution in [0.1, 0.15) is 29.8 Å². The number of rotatable bonds is 5. The molecule has 0 aliphatic rings. The highest BCUT2D eigenvalue weighted by Crippen LogP contribution is 2.34. The minimum atomic E-state index is -0.327. The Morgan fingerprint density at radius 2 is 2.05 bits per heavy atom. The Hall–Kier alpha value is -0.610. The molecule has 2 rings (SSSR count). The molecule has 19 heavy (non-hydrogen) atoms. The molecule has 0 amide bonds. The third-order valence-corrected chi connectivity index (χ3v) is 4.37. The molecule has 102 valence electrons. The molecule has 1 atom stereocenters. The van der Waals surface area contributed by atoms with E-state index in [1.165, 1.54) is 23.5 Å². The molecule has 0 radical (unpaired) electrons.